The molecule has 3 aromatic carbocycles. The number of hydrogen-bond acceptors (Lipinski definition) is 13. The number of hydrogen-bond donors (Lipinski definition) is 3. The van der Waals surface area contributed by atoms with Crippen LogP contribution < -0.4 is 19.9 Å². The summed E-state index contributed by atoms with van der Waals surface area (Å²) in [5.74, 6) is -1.57. The number of carbonyl (C=O) groups excluding carboxylic acids is 3. The summed E-state index contributed by atoms with van der Waals surface area (Å²) in [6, 6.07) is 11.4. The minimum atomic E-state index is -0.965. The van der Waals surface area contributed by atoms with Crippen molar-refractivity contribution in [1.82, 2.24) is 35.0 Å². The van der Waals surface area contributed by atoms with Gasteiger partial charge in [0.25, 0.3) is 5.91 Å². The van der Waals surface area contributed by atoms with E-state index in [0.29, 0.717) is 84.0 Å². The monoisotopic (exact) mass is 1030 g/mol. The fourth-order valence-corrected chi connectivity index (χ4v) is 13.7. The van der Waals surface area contributed by atoms with E-state index in [9.17, 15) is 24.6 Å². The fourth-order valence-electron chi connectivity index (χ4n) is 13.7. The van der Waals surface area contributed by atoms with Crippen LogP contribution >= 0.6 is 0 Å². The van der Waals surface area contributed by atoms with Gasteiger partial charge in [-0.25, -0.2) is 8.78 Å². The minimum absolute atomic E-state index is 0.0191. The van der Waals surface area contributed by atoms with E-state index >= 15 is 8.78 Å². The Kier molecular flexibility index (Phi) is 12.6. The molecule has 12 rings (SSSR count). The molecule has 0 bridgehead atoms. The summed E-state index contributed by atoms with van der Waals surface area (Å²) < 4.78 is 38.9. The lowest BCUT2D eigenvalue weighted by atomic mass is 9.63. The molecule has 5 aromatic rings. The molecule has 3 N–H and O–H groups in total. The van der Waals surface area contributed by atoms with Gasteiger partial charge in [-0.2, -0.15) is 9.97 Å². The third kappa shape index (κ3) is 9.34. The Labute approximate surface area is 436 Å². The van der Waals surface area contributed by atoms with Crippen LogP contribution in [0.2, 0.25) is 0 Å². The normalized spacial score (nSPS) is 24.8. The number of β-amino-alcohol motifs (C(OH)–C–C–N with tert-alkyl or cyclic N) is 1. The lowest BCUT2D eigenvalue weighted by Gasteiger charge is -2.54. The summed E-state index contributed by atoms with van der Waals surface area (Å²) in [4.78, 5) is 63.2. The zero-order valence-corrected chi connectivity index (χ0v) is 43.5. The Balaban J connectivity index is 0.677. The van der Waals surface area contributed by atoms with E-state index in [1.807, 2.05) is 24.0 Å². The topological polar surface area (TPSA) is 168 Å². The van der Waals surface area contributed by atoms with Gasteiger partial charge in [0.2, 0.25) is 11.8 Å². The Morgan fingerprint density at radius 2 is 1.61 bits per heavy atom. The predicted octanol–water partition coefficient (Wildman–Crippen LogP) is 7.90. The average molecular weight is 1030 g/mol. The molecule has 7 aliphatic rings. The largest absolute Gasteiger partial charge is 0.508 e. The highest BCUT2D eigenvalue weighted by Crippen LogP contribution is 2.52. The molecule has 17 heteroatoms. The van der Waals surface area contributed by atoms with Gasteiger partial charge in [-0.05, 0) is 168 Å². The van der Waals surface area contributed by atoms with Crippen LogP contribution in [0.25, 0.3) is 32.9 Å². The van der Waals surface area contributed by atoms with Crippen LogP contribution in [0.4, 0.5) is 20.3 Å². The number of amides is 3. The van der Waals surface area contributed by atoms with Crippen molar-refractivity contribution < 1.29 is 38.1 Å². The number of nitrogens with zero attached hydrogens (tertiary/aromatic N) is 8. The number of likely N-dealkylation sites (tertiary alicyclic amines) is 1. The van der Waals surface area contributed by atoms with Crippen LogP contribution in [-0.4, -0.2) is 140 Å². The Bertz CT molecular complexity index is 3100. The lowest BCUT2D eigenvalue weighted by Crippen LogP contribution is -2.58. The molecule has 0 radical (unpaired) electrons. The van der Waals surface area contributed by atoms with E-state index in [0.717, 1.165) is 76.3 Å². The molecule has 1 spiro atoms. The number of nitrogens with one attached hydrogen (secondary N) is 1. The first-order chi connectivity index (χ1) is 36.0. The molecule has 75 heavy (non-hydrogen) atoms. The van der Waals surface area contributed by atoms with Crippen LogP contribution in [0, 0.1) is 22.5 Å². The molecular formula is C58H69F2N9O6. The van der Waals surface area contributed by atoms with E-state index < -0.39 is 23.3 Å². The fraction of sp³-hybridized carbons (Fsp3) is 0.552. The van der Waals surface area contributed by atoms with Crippen molar-refractivity contribution in [3.05, 3.63) is 77.0 Å². The van der Waals surface area contributed by atoms with E-state index in [2.05, 4.69) is 38.0 Å². The van der Waals surface area contributed by atoms with E-state index in [1.54, 1.807) is 30.2 Å². The number of ether oxygens (including phenoxy) is 1. The van der Waals surface area contributed by atoms with Crippen molar-refractivity contribution >= 4 is 50.9 Å². The summed E-state index contributed by atoms with van der Waals surface area (Å²) >= 11 is 0. The number of phenolic OH excluding ortho intramolecular Hbond substituents is 1. The molecule has 5 aliphatic heterocycles. The Morgan fingerprint density at radius 3 is 2.33 bits per heavy atom. The maximum atomic E-state index is 17.2. The van der Waals surface area contributed by atoms with Crippen molar-refractivity contribution in [3.63, 3.8) is 0 Å². The number of rotatable bonds is 11. The predicted molar refractivity (Wildman–Crippen MR) is 282 cm³/mol. The molecule has 7 heterocycles. The highest BCUT2D eigenvalue weighted by atomic mass is 19.1. The van der Waals surface area contributed by atoms with Gasteiger partial charge in [0.05, 0.1) is 17.6 Å². The number of halogens is 2. The molecule has 6 fully saturated rings. The summed E-state index contributed by atoms with van der Waals surface area (Å²) in [5.41, 5.74) is 2.85. The number of benzene rings is 3. The molecule has 2 atom stereocenters. The molecule has 2 aliphatic carbocycles. The number of imide groups is 1. The molecule has 4 saturated heterocycles. The maximum absolute atomic E-state index is 17.2. The van der Waals surface area contributed by atoms with E-state index in [-0.39, 0.29) is 63.6 Å². The van der Waals surface area contributed by atoms with Crippen LogP contribution in [-0.2, 0) is 22.6 Å². The van der Waals surface area contributed by atoms with Crippen LogP contribution in [0.15, 0.2) is 48.7 Å². The molecule has 1 unspecified atom stereocenters. The van der Waals surface area contributed by atoms with Crippen molar-refractivity contribution in [1.29, 1.82) is 0 Å². The third-order valence-corrected chi connectivity index (χ3v) is 18.6. The first-order valence-electron chi connectivity index (χ1n) is 27.4. The van der Waals surface area contributed by atoms with Crippen molar-refractivity contribution in [3.8, 4) is 23.0 Å². The smallest absolute Gasteiger partial charge is 0.319 e. The van der Waals surface area contributed by atoms with Crippen LogP contribution in [0.1, 0.15) is 119 Å². The second-order valence-corrected chi connectivity index (χ2v) is 23.8. The summed E-state index contributed by atoms with van der Waals surface area (Å²) in [5, 5.41) is 25.8. The summed E-state index contributed by atoms with van der Waals surface area (Å²) in [6.07, 6.45) is 13.1. The van der Waals surface area contributed by atoms with Crippen LogP contribution in [0.3, 0.4) is 0 Å². The molecular weight excluding hydrogens is 957 g/mol. The number of fused-ring (bicyclic) bond motifs is 3. The lowest BCUT2D eigenvalue weighted by molar-refractivity contribution is -0.136. The first kappa shape index (κ1) is 49.8. The summed E-state index contributed by atoms with van der Waals surface area (Å²) in [6.45, 7) is 14.6. The Morgan fingerprint density at radius 1 is 0.840 bits per heavy atom. The quantitative estimate of drug-likeness (QED) is 0.109. The number of piperazine rings is 1. The van der Waals surface area contributed by atoms with Gasteiger partial charge in [0, 0.05) is 92.7 Å². The number of anilines is 2. The SMILES string of the molecule is CCc1c(F)ccc2cc(O)cc(-c3ncc4c(N5CCC[C@](C)(O)C5)nc(OCC5(CN6CCC7(CC6)CCC(C)(N6CCN(c8ccc9c(c8)CN(C8CCC(=O)NC8=O)C9=O)CC6)CC7)CC5)nc4c3F)c12. The number of aromatic hydroxyl groups is 1. The molecule has 2 saturated carbocycles. The number of piperidine rings is 3. The molecule has 3 amide bonds. The van der Waals surface area contributed by atoms with Gasteiger partial charge < -0.3 is 34.5 Å². The zero-order chi connectivity index (χ0) is 52.0. The highest BCUT2D eigenvalue weighted by Gasteiger charge is 2.49. The number of pyridine rings is 1. The minimum Gasteiger partial charge on any atom is -0.508 e. The molecule has 396 valence electrons. The van der Waals surface area contributed by atoms with Crippen molar-refractivity contribution in [2.75, 3.05) is 75.3 Å². The van der Waals surface area contributed by atoms with Gasteiger partial charge in [0.15, 0.2) is 5.82 Å². The van der Waals surface area contributed by atoms with Gasteiger partial charge in [-0.3, -0.25) is 29.6 Å². The zero-order valence-electron chi connectivity index (χ0n) is 43.5. The van der Waals surface area contributed by atoms with Crippen molar-refractivity contribution in [2.24, 2.45) is 10.8 Å². The Hall–Kier alpha value is -6.04. The average Bonchev–Trinajstić information content (AvgIpc) is 4.10. The number of aromatic nitrogens is 3. The van der Waals surface area contributed by atoms with E-state index in [4.69, 9.17) is 14.7 Å². The van der Waals surface area contributed by atoms with Crippen LogP contribution in [0.5, 0.6) is 11.8 Å². The third-order valence-electron chi connectivity index (χ3n) is 18.6. The second-order valence-electron chi connectivity index (χ2n) is 23.8. The van der Waals surface area contributed by atoms with Crippen molar-refractivity contribution in [2.45, 2.75) is 128 Å². The summed E-state index contributed by atoms with van der Waals surface area (Å²) in [7, 11) is 0. The van der Waals surface area contributed by atoms with E-state index in [1.165, 1.54) is 50.7 Å². The molecule has 15 nitrogen and oxygen atoms in total. The molecule has 2 aromatic heterocycles. The number of carbonyl (C=O) groups is 3. The van der Waals surface area contributed by atoms with Gasteiger partial charge >= 0.3 is 6.01 Å². The highest BCUT2D eigenvalue weighted by molar-refractivity contribution is 6.06. The van der Waals surface area contributed by atoms with Gasteiger partial charge in [0.1, 0.15) is 34.6 Å². The first-order valence-corrected chi connectivity index (χ1v) is 27.4. The number of aryl methyl sites for hydroxylation is 1. The van der Waals surface area contributed by atoms with Gasteiger partial charge in [-0.15, -0.1) is 0 Å². The second kappa shape index (κ2) is 18.9. The maximum Gasteiger partial charge on any atom is 0.319 e. The van der Waals surface area contributed by atoms with Gasteiger partial charge in [-0.1, -0.05) is 13.0 Å². The number of phenols is 1. The standard InChI is InChI=1S/C58H69F2N9O6/c1-4-40-44(59)9-6-36-29-39(70)30-42(47(36)40)49-48(60)50-43(31-61-49)51(67-21-5-12-56(3,74)33-67)64-54(63-50)75-35-58(17-18-58)34-65-22-19-57(20-23-65)15-13-55(2,14-16-57)68-26-24-66(25-27-68)38-7-8-41-37(28-38)32-69(53(41)73)45-10-11-46(71)62-52(45)72/h6-9,28-31,45,70,74H,4-5,10-27,32-35H2,1-3H3,(H,62,71,72)/t45?,56-/m0/s1. The number of aliphatic hydroxyl groups is 1.